The molecule has 1 atom stereocenters. The summed E-state index contributed by atoms with van der Waals surface area (Å²) < 4.78 is 5.76. The van der Waals surface area contributed by atoms with Crippen molar-refractivity contribution in [2.75, 3.05) is 6.61 Å². The molecule has 0 saturated heterocycles. The van der Waals surface area contributed by atoms with Crippen molar-refractivity contribution in [3.05, 3.63) is 48.0 Å². The summed E-state index contributed by atoms with van der Waals surface area (Å²) >= 11 is 0. The van der Waals surface area contributed by atoms with E-state index in [9.17, 15) is 0 Å². The molecular formula is C14H18O. The highest BCUT2D eigenvalue weighted by atomic mass is 16.5. The Kier molecular flexibility index (Phi) is 3.98. The molecular weight excluding hydrogens is 184 g/mol. The van der Waals surface area contributed by atoms with Crippen molar-refractivity contribution in [1.29, 1.82) is 0 Å². The Balaban J connectivity index is 1.80. The summed E-state index contributed by atoms with van der Waals surface area (Å²) in [7, 11) is 0. The van der Waals surface area contributed by atoms with Crippen molar-refractivity contribution in [3.63, 3.8) is 0 Å². The van der Waals surface area contributed by atoms with Crippen LogP contribution >= 0.6 is 0 Å². The van der Waals surface area contributed by atoms with Crippen LogP contribution in [0.3, 0.4) is 0 Å². The smallest absolute Gasteiger partial charge is 0.0612 e. The summed E-state index contributed by atoms with van der Waals surface area (Å²) in [6.07, 6.45) is 9.30. The van der Waals surface area contributed by atoms with Crippen LogP contribution < -0.4 is 0 Å². The van der Waals surface area contributed by atoms with Gasteiger partial charge in [-0.15, -0.1) is 0 Å². The predicted molar refractivity (Wildman–Crippen MR) is 62.9 cm³/mol. The van der Waals surface area contributed by atoms with E-state index in [4.69, 9.17) is 4.74 Å². The van der Waals surface area contributed by atoms with Crippen molar-refractivity contribution in [2.45, 2.75) is 31.8 Å². The van der Waals surface area contributed by atoms with E-state index in [1.54, 1.807) is 0 Å². The van der Waals surface area contributed by atoms with Crippen LogP contribution in [0.4, 0.5) is 0 Å². The minimum atomic E-state index is 0.420. The van der Waals surface area contributed by atoms with Crippen LogP contribution in [0.2, 0.25) is 0 Å². The molecule has 0 unspecified atom stereocenters. The molecule has 0 radical (unpaired) electrons. The second-order valence-electron chi connectivity index (χ2n) is 4.01. The predicted octanol–water partition coefficient (Wildman–Crippen LogP) is 3.35. The van der Waals surface area contributed by atoms with Gasteiger partial charge in [0.2, 0.25) is 0 Å². The summed E-state index contributed by atoms with van der Waals surface area (Å²) in [6, 6.07) is 10.6. The van der Waals surface area contributed by atoms with Crippen molar-refractivity contribution in [2.24, 2.45) is 0 Å². The first-order valence-corrected chi connectivity index (χ1v) is 5.75. The largest absolute Gasteiger partial charge is 0.378 e. The summed E-state index contributed by atoms with van der Waals surface area (Å²) in [4.78, 5) is 0. The Labute approximate surface area is 91.8 Å². The van der Waals surface area contributed by atoms with Gasteiger partial charge in [-0.3, -0.25) is 0 Å². The Morgan fingerprint density at radius 2 is 2.00 bits per heavy atom. The lowest BCUT2D eigenvalue weighted by atomic mass is 10.1. The number of rotatable bonds is 3. The van der Waals surface area contributed by atoms with Gasteiger partial charge in [-0.2, -0.15) is 0 Å². The molecule has 0 fully saturated rings. The van der Waals surface area contributed by atoms with Crippen molar-refractivity contribution < 1.29 is 4.74 Å². The summed E-state index contributed by atoms with van der Waals surface area (Å²) in [6.45, 7) is 0.885. The summed E-state index contributed by atoms with van der Waals surface area (Å²) in [5.74, 6) is 0. The van der Waals surface area contributed by atoms with Crippen LogP contribution in [0, 0.1) is 0 Å². The van der Waals surface area contributed by atoms with Crippen LogP contribution in [0.5, 0.6) is 0 Å². The standard InChI is InChI=1S/C14H18O/c1-3-7-13(8-4-1)10-11-14-9-5-2-6-12-15-14/h1-5,7-8,14H,6,9-12H2/t14-/m0/s1. The lowest BCUT2D eigenvalue weighted by molar-refractivity contribution is 0.0568. The van der Waals surface area contributed by atoms with E-state index in [0.29, 0.717) is 6.10 Å². The van der Waals surface area contributed by atoms with Gasteiger partial charge in [-0.05, 0) is 31.2 Å². The maximum absolute atomic E-state index is 5.76. The van der Waals surface area contributed by atoms with Crippen molar-refractivity contribution >= 4 is 0 Å². The minimum Gasteiger partial charge on any atom is -0.378 e. The van der Waals surface area contributed by atoms with Gasteiger partial charge in [0.25, 0.3) is 0 Å². The van der Waals surface area contributed by atoms with Crippen LogP contribution in [-0.2, 0) is 11.2 Å². The molecule has 1 aromatic carbocycles. The molecule has 0 amide bonds. The van der Waals surface area contributed by atoms with E-state index in [-0.39, 0.29) is 0 Å². The van der Waals surface area contributed by atoms with Gasteiger partial charge < -0.3 is 4.74 Å². The van der Waals surface area contributed by atoms with E-state index in [0.717, 1.165) is 32.3 Å². The average Bonchev–Trinajstić information content (AvgIpc) is 2.56. The highest BCUT2D eigenvalue weighted by molar-refractivity contribution is 5.14. The van der Waals surface area contributed by atoms with Gasteiger partial charge in [-0.1, -0.05) is 42.5 Å². The van der Waals surface area contributed by atoms with E-state index >= 15 is 0 Å². The van der Waals surface area contributed by atoms with Crippen LogP contribution in [0.1, 0.15) is 24.8 Å². The van der Waals surface area contributed by atoms with E-state index in [1.165, 1.54) is 5.56 Å². The summed E-state index contributed by atoms with van der Waals surface area (Å²) in [5, 5.41) is 0. The molecule has 0 spiro atoms. The van der Waals surface area contributed by atoms with E-state index in [1.807, 2.05) is 0 Å². The lowest BCUT2D eigenvalue weighted by Crippen LogP contribution is -2.12. The van der Waals surface area contributed by atoms with Crippen LogP contribution in [0.15, 0.2) is 42.5 Å². The monoisotopic (exact) mass is 202 g/mol. The van der Waals surface area contributed by atoms with Crippen LogP contribution in [-0.4, -0.2) is 12.7 Å². The second-order valence-corrected chi connectivity index (χ2v) is 4.01. The average molecular weight is 202 g/mol. The fourth-order valence-corrected chi connectivity index (χ4v) is 1.91. The highest BCUT2D eigenvalue weighted by Gasteiger charge is 2.09. The Bertz CT molecular complexity index is 302. The SMILES string of the molecule is C1=CC[C@@H](CCc2ccccc2)OCC1. The van der Waals surface area contributed by atoms with Crippen molar-refractivity contribution in [3.8, 4) is 0 Å². The molecule has 1 aliphatic rings. The molecule has 0 N–H and O–H groups in total. The molecule has 15 heavy (non-hydrogen) atoms. The normalized spacial score (nSPS) is 21.2. The van der Waals surface area contributed by atoms with Gasteiger partial charge >= 0.3 is 0 Å². The van der Waals surface area contributed by atoms with E-state index < -0.39 is 0 Å². The van der Waals surface area contributed by atoms with E-state index in [2.05, 4.69) is 42.5 Å². The molecule has 0 aliphatic carbocycles. The topological polar surface area (TPSA) is 9.23 Å². The highest BCUT2D eigenvalue weighted by Crippen LogP contribution is 2.13. The number of ether oxygens (including phenoxy) is 1. The Morgan fingerprint density at radius 1 is 1.13 bits per heavy atom. The van der Waals surface area contributed by atoms with Gasteiger partial charge in [0, 0.05) is 0 Å². The zero-order valence-electron chi connectivity index (χ0n) is 9.06. The molecule has 0 bridgehead atoms. The molecule has 1 nitrogen and oxygen atoms in total. The van der Waals surface area contributed by atoms with Crippen molar-refractivity contribution in [1.82, 2.24) is 0 Å². The molecule has 80 valence electrons. The molecule has 1 aliphatic heterocycles. The third-order valence-corrected chi connectivity index (χ3v) is 2.80. The number of hydrogen-bond donors (Lipinski definition) is 0. The lowest BCUT2D eigenvalue weighted by Gasteiger charge is -2.14. The zero-order chi connectivity index (χ0) is 10.3. The fraction of sp³-hybridized carbons (Fsp3) is 0.429. The van der Waals surface area contributed by atoms with Crippen LogP contribution in [0.25, 0.3) is 0 Å². The van der Waals surface area contributed by atoms with Gasteiger partial charge in [-0.25, -0.2) is 0 Å². The van der Waals surface area contributed by atoms with Gasteiger partial charge in [0.15, 0.2) is 0 Å². The molecule has 1 heterocycles. The number of aryl methyl sites for hydroxylation is 1. The third kappa shape index (κ3) is 3.52. The first kappa shape index (κ1) is 10.4. The molecule has 0 saturated carbocycles. The maximum atomic E-state index is 5.76. The first-order valence-electron chi connectivity index (χ1n) is 5.75. The Morgan fingerprint density at radius 3 is 2.87 bits per heavy atom. The minimum absolute atomic E-state index is 0.420. The van der Waals surface area contributed by atoms with Gasteiger partial charge in [0.05, 0.1) is 12.7 Å². The number of hydrogen-bond acceptors (Lipinski definition) is 1. The molecule has 1 aromatic rings. The fourth-order valence-electron chi connectivity index (χ4n) is 1.91. The summed E-state index contributed by atoms with van der Waals surface area (Å²) in [5.41, 5.74) is 1.41. The molecule has 1 heteroatoms. The first-order chi connectivity index (χ1) is 7.45. The second kappa shape index (κ2) is 5.72. The Hall–Kier alpha value is -1.08. The maximum Gasteiger partial charge on any atom is 0.0612 e. The molecule has 2 rings (SSSR count). The van der Waals surface area contributed by atoms with Gasteiger partial charge in [0.1, 0.15) is 0 Å². The quantitative estimate of drug-likeness (QED) is 0.683. The third-order valence-electron chi connectivity index (χ3n) is 2.80. The zero-order valence-corrected chi connectivity index (χ0v) is 9.06. The molecule has 0 aromatic heterocycles. The number of benzene rings is 1.